The molecule has 0 saturated carbocycles. The molecule has 0 aliphatic carbocycles. The van der Waals surface area contributed by atoms with Gasteiger partial charge >= 0.3 is 0 Å². The van der Waals surface area contributed by atoms with Crippen LogP contribution >= 0.6 is 15.9 Å². The SMILES string of the molecule is CC(C)(C)[Si](C)(C)OCc1cc(OCc2ccccc2)ccc1-c1cc(C(=O)Cc2ccc(Br)cc2)ccc1F. The van der Waals surface area contributed by atoms with Crippen molar-refractivity contribution in [3.63, 3.8) is 0 Å². The number of carbonyl (C=O) groups is 1. The molecule has 6 heteroatoms. The number of carbonyl (C=O) groups excluding carboxylic acids is 1. The third kappa shape index (κ3) is 7.56. The average molecular weight is 620 g/mol. The summed E-state index contributed by atoms with van der Waals surface area (Å²) in [5.74, 6) is 0.237. The van der Waals surface area contributed by atoms with Crippen LogP contribution in [0.15, 0.2) is 95.5 Å². The zero-order valence-corrected chi connectivity index (χ0v) is 26.3. The topological polar surface area (TPSA) is 35.5 Å². The van der Waals surface area contributed by atoms with Gasteiger partial charge in [0.15, 0.2) is 14.1 Å². The fourth-order valence-corrected chi connectivity index (χ4v) is 5.27. The van der Waals surface area contributed by atoms with E-state index in [1.807, 2.05) is 72.8 Å². The van der Waals surface area contributed by atoms with Crippen LogP contribution in [0.3, 0.4) is 0 Å². The van der Waals surface area contributed by atoms with Crippen LogP contribution in [0.1, 0.15) is 47.8 Å². The molecule has 0 saturated heterocycles. The minimum Gasteiger partial charge on any atom is -0.489 e. The van der Waals surface area contributed by atoms with Gasteiger partial charge in [-0.2, -0.15) is 0 Å². The van der Waals surface area contributed by atoms with Gasteiger partial charge in [-0.15, -0.1) is 0 Å². The Morgan fingerprint density at radius 1 is 0.825 bits per heavy atom. The highest BCUT2D eigenvalue weighted by atomic mass is 79.9. The lowest BCUT2D eigenvalue weighted by Crippen LogP contribution is -2.40. The normalized spacial score (nSPS) is 11.9. The van der Waals surface area contributed by atoms with Gasteiger partial charge < -0.3 is 9.16 Å². The summed E-state index contributed by atoms with van der Waals surface area (Å²) in [5.41, 5.74) is 4.34. The van der Waals surface area contributed by atoms with Gasteiger partial charge in [-0.1, -0.05) is 85.2 Å². The van der Waals surface area contributed by atoms with Crippen molar-refractivity contribution in [3.05, 3.63) is 124 Å². The molecule has 4 aromatic rings. The monoisotopic (exact) mass is 618 g/mol. The lowest BCUT2D eigenvalue weighted by molar-refractivity contribution is 0.0993. The molecular formula is C34H36BrFO3Si. The van der Waals surface area contributed by atoms with E-state index >= 15 is 4.39 Å². The lowest BCUT2D eigenvalue weighted by atomic mass is 9.95. The maximum absolute atomic E-state index is 15.3. The Morgan fingerprint density at radius 3 is 2.20 bits per heavy atom. The maximum Gasteiger partial charge on any atom is 0.192 e. The van der Waals surface area contributed by atoms with Crippen molar-refractivity contribution in [2.75, 3.05) is 0 Å². The molecule has 0 radical (unpaired) electrons. The molecule has 0 unspecified atom stereocenters. The number of Topliss-reactive ketones (excluding diaryl/α,β-unsaturated/α-hetero) is 1. The van der Waals surface area contributed by atoms with Gasteiger partial charge in [-0.25, -0.2) is 4.39 Å². The predicted octanol–water partition coefficient (Wildman–Crippen LogP) is 9.78. The molecule has 208 valence electrons. The average Bonchev–Trinajstić information content (AvgIpc) is 2.92. The molecule has 0 fully saturated rings. The second-order valence-electron chi connectivity index (χ2n) is 11.6. The highest BCUT2D eigenvalue weighted by Crippen LogP contribution is 2.38. The molecule has 0 spiro atoms. The summed E-state index contributed by atoms with van der Waals surface area (Å²) in [6, 6.07) is 27.9. The molecule has 0 amide bonds. The van der Waals surface area contributed by atoms with Crippen molar-refractivity contribution < 1.29 is 18.3 Å². The molecular weight excluding hydrogens is 583 g/mol. The smallest absolute Gasteiger partial charge is 0.192 e. The molecule has 0 heterocycles. The molecule has 0 atom stereocenters. The number of rotatable bonds is 10. The van der Waals surface area contributed by atoms with Crippen LogP contribution in [0.25, 0.3) is 11.1 Å². The predicted molar refractivity (Wildman–Crippen MR) is 167 cm³/mol. The van der Waals surface area contributed by atoms with Crippen molar-refractivity contribution >= 4 is 30.0 Å². The largest absolute Gasteiger partial charge is 0.489 e. The van der Waals surface area contributed by atoms with Crippen molar-refractivity contribution in [2.24, 2.45) is 0 Å². The second-order valence-corrected chi connectivity index (χ2v) is 17.3. The molecule has 4 aromatic carbocycles. The first-order valence-corrected chi connectivity index (χ1v) is 17.1. The third-order valence-corrected chi connectivity index (χ3v) is 12.6. The van der Waals surface area contributed by atoms with Gasteiger partial charge in [0.1, 0.15) is 18.2 Å². The highest BCUT2D eigenvalue weighted by Gasteiger charge is 2.37. The van der Waals surface area contributed by atoms with Crippen molar-refractivity contribution in [1.82, 2.24) is 0 Å². The van der Waals surface area contributed by atoms with Crippen LogP contribution in [-0.2, 0) is 24.1 Å². The lowest BCUT2D eigenvalue weighted by Gasteiger charge is -2.36. The van der Waals surface area contributed by atoms with Gasteiger partial charge in [0.2, 0.25) is 0 Å². The molecule has 0 N–H and O–H groups in total. The van der Waals surface area contributed by atoms with E-state index in [4.69, 9.17) is 9.16 Å². The first-order valence-electron chi connectivity index (χ1n) is 13.4. The van der Waals surface area contributed by atoms with E-state index in [2.05, 4.69) is 49.8 Å². The standard InChI is InChI=1S/C34H36BrFO3Si/c1-34(2,3)40(4,5)39-23-27-20-29(38-22-25-9-7-6-8-10-25)16-17-30(27)31-21-26(13-18-32(31)36)33(37)19-24-11-14-28(35)15-12-24/h6-18,20-21H,19,22-23H2,1-5H3. The third-order valence-electron chi connectivity index (χ3n) is 7.58. The summed E-state index contributed by atoms with van der Waals surface area (Å²) in [4.78, 5) is 13.1. The number of ether oxygens (including phenoxy) is 1. The Labute approximate surface area is 246 Å². The summed E-state index contributed by atoms with van der Waals surface area (Å²) in [6.07, 6.45) is 0.242. The van der Waals surface area contributed by atoms with Crippen LogP contribution < -0.4 is 4.74 Å². The quantitative estimate of drug-likeness (QED) is 0.131. The van der Waals surface area contributed by atoms with E-state index in [9.17, 15) is 4.79 Å². The van der Waals surface area contributed by atoms with E-state index in [0.29, 0.717) is 35.7 Å². The van der Waals surface area contributed by atoms with Crippen LogP contribution in [0.2, 0.25) is 18.1 Å². The van der Waals surface area contributed by atoms with Crippen LogP contribution in [0.4, 0.5) is 4.39 Å². The van der Waals surface area contributed by atoms with E-state index in [0.717, 1.165) is 21.2 Å². The Hall–Kier alpha value is -3.06. The summed E-state index contributed by atoms with van der Waals surface area (Å²) in [6.45, 7) is 11.7. The van der Waals surface area contributed by atoms with E-state index in [1.54, 1.807) is 12.1 Å². The first-order chi connectivity index (χ1) is 18.9. The molecule has 0 aliphatic heterocycles. The second kappa shape index (κ2) is 12.6. The number of benzene rings is 4. The van der Waals surface area contributed by atoms with Gasteiger partial charge in [-0.05, 0) is 82.9 Å². The maximum atomic E-state index is 15.3. The van der Waals surface area contributed by atoms with E-state index in [-0.39, 0.29) is 23.1 Å². The van der Waals surface area contributed by atoms with E-state index < -0.39 is 8.32 Å². The van der Waals surface area contributed by atoms with Crippen molar-refractivity contribution in [2.45, 2.75) is 58.5 Å². The Bertz CT molecular complexity index is 1460. The molecule has 4 rings (SSSR count). The summed E-state index contributed by atoms with van der Waals surface area (Å²) in [7, 11) is -2.08. The number of ketones is 1. The number of hydrogen-bond donors (Lipinski definition) is 0. The number of hydrogen-bond acceptors (Lipinski definition) is 3. The fourth-order valence-electron chi connectivity index (χ4n) is 4.05. The summed E-state index contributed by atoms with van der Waals surface area (Å²) in [5, 5.41) is 0.0270. The minimum absolute atomic E-state index is 0.0270. The van der Waals surface area contributed by atoms with Gasteiger partial charge in [0.05, 0.1) is 6.61 Å². The zero-order valence-electron chi connectivity index (χ0n) is 23.8. The fraction of sp³-hybridized carbons (Fsp3) is 0.265. The van der Waals surface area contributed by atoms with Crippen LogP contribution in [0, 0.1) is 5.82 Å². The Morgan fingerprint density at radius 2 is 1.52 bits per heavy atom. The molecule has 0 aromatic heterocycles. The first kappa shape index (κ1) is 29.9. The molecule has 0 bridgehead atoms. The molecule has 0 aliphatic rings. The summed E-state index contributed by atoms with van der Waals surface area (Å²) < 4.78 is 28.9. The Balaban J connectivity index is 1.66. The highest BCUT2D eigenvalue weighted by molar-refractivity contribution is 9.10. The van der Waals surface area contributed by atoms with Gasteiger partial charge in [0.25, 0.3) is 0 Å². The molecule has 3 nitrogen and oxygen atoms in total. The van der Waals surface area contributed by atoms with Gasteiger partial charge in [-0.3, -0.25) is 4.79 Å². The van der Waals surface area contributed by atoms with Crippen LogP contribution in [-0.4, -0.2) is 14.1 Å². The number of halogens is 2. The Kier molecular flexibility index (Phi) is 9.44. The molecule has 40 heavy (non-hydrogen) atoms. The zero-order chi connectivity index (χ0) is 28.9. The van der Waals surface area contributed by atoms with Crippen LogP contribution in [0.5, 0.6) is 5.75 Å². The van der Waals surface area contributed by atoms with Gasteiger partial charge in [0, 0.05) is 22.0 Å². The van der Waals surface area contributed by atoms with Crippen molar-refractivity contribution in [1.29, 1.82) is 0 Å². The minimum atomic E-state index is -2.08. The van der Waals surface area contributed by atoms with E-state index in [1.165, 1.54) is 6.07 Å². The van der Waals surface area contributed by atoms with Crippen molar-refractivity contribution in [3.8, 4) is 16.9 Å². The summed E-state index contributed by atoms with van der Waals surface area (Å²) >= 11 is 3.43.